The minimum atomic E-state index is -0.0631. The minimum Gasteiger partial charge on any atom is -0.461 e. The minimum absolute atomic E-state index is 0.0468. The van der Waals surface area contributed by atoms with Gasteiger partial charge in [-0.25, -0.2) is 9.97 Å². The number of aliphatic hydroxyl groups is 1. The van der Waals surface area contributed by atoms with Gasteiger partial charge in [0, 0.05) is 6.20 Å². The number of aliphatic hydroxyl groups excluding tert-OH is 1. The zero-order chi connectivity index (χ0) is 14.8. The molecule has 3 rings (SSSR count). The van der Waals surface area contributed by atoms with Crippen molar-refractivity contribution in [2.45, 2.75) is 19.9 Å². The molecule has 0 saturated carbocycles. The third-order valence-corrected chi connectivity index (χ3v) is 3.48. The molecule has 6 nitrogen and oxygen atoms in total. The first-order valence-corrected chi connectivity index (χ1v) is 6.95. The summed E-state index contributed by atoms with van der Waals surface area (Å²) in [5.74, 6) is 2.29. The number of hydrogen-bond donors (Lipinski definition) is 3. The SMILES string of the molecule is CC(C)[C@@H](CO)Nc1nccc2[nH]c(-c3ccco3)nc12. The largest absolute Gasteiger partial charge is 0.461 e. The number of imidazole rings is 1. The molecule has 0 aliphatic rings. The number of fused-ring (bicyclic) bond motifs is 1. The molecule has 1 atom stereocenters. The van der Waals surface area contributed by atoms with Crippen LogP contribution in [0, 0.1) is 5.92 Å². The van der Waals surface area contributed by atoms with Crippen LogP contribution in [0.1, 0.15) is 13.8 Å². The number of nitrogens with zero attached hydrogens (tertiary/aromatic N) is 2. The first-order chi connectivity index (χ1) is 10.2. The molecule has 6 heteroatoms. The van der Waals surface area contributed by atoms with E-state index in [0.29, 0.717) is 17.4 Å². The van der Waals surface area contributed by atoms with Crippen LogP contribution in [0.5, 0.6) is 0 Å². The summed E-state index contributed by atoms with van der Waals surface area (Å²) in [6.07, 6.45) is 3.32. The lowest BCUT2D eigenvalue weighted by molar-refractivity contribution is 0.249. The molecule has 0 aromatic carbocycles. The smallest absolute Gasteiger partial charge is 0.174 e. The number of hydrogen-bond acceptors (Lipinski definition) is 5. The molecular weight excluding hydrogens is 268 g/mol. The molecule has 0 bridgehead atoms. The molecule has 110 valence electrons. The molecule has 0 saturated heterocycles. The second kappa shape index (κ2) is 5.57. The van der Waals surface area contributed by atoms with Crippen molar-refractivity contribution >= 4 is 16.9 Å². The van der Waals surface area contributed by atoms with Crippen molar-refractivity contribution < 1.29 is 9.52 Å². The number of nitrogens with one attached hydrogen (secondary N) is 2. The Morgan fingerprint density at radius 2 is 2.24 bits per heavy atom. The molecule has 3 aromatic heterocycles. The first-order valence-electron chi connectivity index (χ1n) is 6.95. The zero-order valence-electron chi connectivity index (χ0n) is 12.0. The number of furan rings is 1. The van der Waals surface area contributed by atoms with Gasteiger partial charge in [-0.2, -0.15) is 0 Å². The first kappa shape index (κ1) is 13.6. The third kappa shape index (κ3) is 2.62. The standard InChI is InChI=1S/C15H18N4O2/c1-9(2)11(8-20)18-15-13-10(5-6-16-15)17-14(19-13)12-4-3-7-21-12/h3-7,9,11,20H,8H2,1-2H3,(H,16,18)(H,17,19)/t11-/m1/s1. The van der Waals surface area contributed by atoms with Gasteiger partial charge < -0.3 is 19.8 Å². The Morgan fingerprint density at radius 1 is 1.38 bits per heavy atom. The van der Waals surface area contributed by atoms with Crippen molar-refractivity contribution in [1.82, 2.24) is 15.0 Å². The Morgan fingerprint density at radius 3 is 2.90 bits per heavy atom. The lowest BCUT2D eigenvalue weighted by Gasteiger charge is -2.20. The molecule has 3 N–H and O–H groups in total. The Balaban J connectivity index is 2.00. The number of anilines is 1. The van der Waals surface area contributed by atoms with Crippen LogP contribution < -0.4 is 5.32 Å². The monoisotopic (exact) mass is 286 g/mol. The van der Waals surface area contributed by atoms with E-state index in [0.717, 1.165) is 11.0 Å². The van der Waals surface area contributed by atoms with Gasteiger partial charge in [-0.15, -0.1) is 0 Å². The molecule has 0 spiro atoms. The molecule has 0 fully saturated rings. The third-order valence-electron chi connectivity index (χ3n) is 3.48. The average Bonchev–Trinajstić information content (AvgIpc) is 3.12. The summed E-state index contributed by atoms with van der Waals surface area (Å²) in [5.41, 5.74) is 1.61. The molecule has 3 aromatic rings. The number of H-pyrrole nitrogens is 1. The maximum Gasteiger partial charge on any atom is 0.174 e. The normalized spacial score (nSPS) is 13.0. The maximum atomic E-state index is 9.45. The highest BCUT2D eigenvalue weighted by Gasteiger charge is 2.16. The van der Waals surface area contributed by atoms with Crippen LogP contribution in [0.4, 0.5) is 5.82 Å². The Kier molecular flexibility index (Phi) is 3.62. The summed E-state index contributed by atoms with van der Waals surface area (Å²) < 4.78 is 5.35. The number of aromatic nitrogens is 3. The molecule has 0 unspecified atom stereocenters. The second-order valence-corrected chi connectivity index (χ2v) is 5.30. The van der Waals surface area contributed by atoms with Gasteiger partial charge in [-0.05, 0) is 24.1 Å². The summed E-state index contributed by atoms with van der Waals surface area (Å²) in [6.45, 7) is 4.14. The highest BCUT2D eigenvalue weighted by atomic mass is 16.3. The average molecular weight is 286 g/mol. The fourth-order valence-corrected chi connectivity index (χ4v) is 2.17. The molecule has 3 heterocycles. The summed E-state index contributed by atoms with van der Waals surface area (Å²) in [7, 11) is 0. The Labute approximate surface area is 122 Å². The highest BCUT2D eigenvalue weighted by Crippen LogP contribution is 2.25. The fourth-order valence-electron chi connectivity index (χ4n) is 2.17. The van der Waals surface area contributed by atoms with Crippen molar-refractivity contribution in [1.29, 1.82) is 0 Å². The maximum absolute atomic E-state index is 9.45. The van der Waals surface area contributed by atoms with E-state index in [2.05, 4.69) is 20.3 Å². The van der Waals surface area contributed by atoms with Gasteiger partial charge in [0.25, 0.3) is 0 Å². The van der Waals surface area contributed by atoms with Crippen molar-refractivity contribution in [3.8, 4) is 11.6 Å². The topological polar surface area (TPSA) is 87.0 Å². The van der Waals surface area contributed by atoms with Crippen LogP contribution in [-0.2, 0) is 0 Å². The summed E-state index contributed by atoms with van der Waals surface area (Å²) in [4.78, 5) is 12.1. The van der Waals surface area contributed by atoms with Gasteiger partial charge in [0.1, 0.15) is 5.52 Å². The Hall–Kier alpha value is -2.34. The summed E-state index contributed by atoms with van der Waals surface area (Å²) in [6, 6.07) is 5.47. The number of pyridine rings is 1. The van der Waals surface area contributed by atoms with Crippen LogP contribution in [-0.4, -0.2) is 32.7 Å². The Bertz CT molecular complexity index is 718. The number of rotatable bonds is 5. The van der Waals surface area contributed by atoms with Gasteiger partial charge in [0.15, 0.2) is 17.4 Å². The lowest BCUT2D eigenvalue weighted by atomic mass is 10.1. The van der Waals surface area contributed by atoms with Gasteiger partial charge in [-0.1, -0.05) is 13.8 Å². The van der Waals surface area contributed by atoms with Crippen molar-refractivity contribution in [2.24, 2.45) is 5.92 Å². The second-order valence-electron chi connectivity index (χ2n) is 5.30. The van der Waals surface area contributed by atoms with Crippen molar-refractivity contribution in [3.05, 3.63) is 30.7 Å². The zero-order valence-corrected chi connectivity index (χ0v) is 12.0. The molecular formula is C15H18N4O2. The van der Waals surface area contributed by atoms with Crippen LogP contribution in [0.3, 0.4) is 0 Å². The predicted molar refractivity (Wildman–Crippen MR) is 80.9 cm³/mol. The van der Waals surface area contributed by atoms with Gasteiger partial charge in [0.05, 0.1) is 24.4 Å². The molecule has 0 aliphatic carbocycles. The quantitative estimate of drug-likeness (QED) is 0.671. The van der Waals surface area contributed by atoms with Crippen molar-refractivity contribution in [2.75, 3.05) is 11.9 Å². The molecule has 0 aliphatic heterocycles. The molecule has 0 radical (unpaired) electrons. The van der Waals surface area contributed by atoms with Gasteiger partial charge in [0.2, 0.25) is 0 Å². The number of aromatic amines is 1. The van der Waals surface area contributed by atoms with Crippen LogP contribution >= 0.6 is 0 Å². The molecule has 0 amide bonds. The van der Waals surface area contributed by atoms with Crippen molar-refractivity contribution in [3.63, 3.8) is 0 Å². The van der Waals surface area contributed by atoms with Gasteiger partial charge >= 0.3 is 0 Å². The molecule has 21 heavy (non-hydrogen) atoms. The van der Waals surface area contributed by atoms with Crippen LogP contribution in [0.2, 0.25) is 0 Å². The van der Waals surface area contributed by atoms with Gasteiger partial charge in [-0.3, -0.25) is 0 Å². The van der Waals surface area contributed by atoms with E-state index in [4.69, 9.17) is 4.42 Å². The van der Waals surface area contributed by atoms with Crippen LogP contribution in [0.15, 0.2) is 35.1 Å². The van der Waals surface area contributed by atoms with E-state index in [1.807, 2.05) is 32.0 Å². The van der Waals surface area contributed by atoms with E-state index in [-0.39, 0.29) is 18.6 Å². The van der Waals surface area contributed by atoms with E-state index >= 15 is 0 Å². The summed E-state index contributed by atoms with van der Waals surface area (Å²) >= 11 is 0. The van der Waals surface area contributed by atoms with E-state index < -0.39 is 0 Å². The van der Waals surface area contributed by atoms with E-state index in [1.165, 1.54) is 0 Å². The highest BCUT2D eigenvalue weighted by molar-refractivity contribution is 5.87. The van der Waals surface area contributed by atoms with E-state index in [9.17, 15) is 5.11 Å². The summed E-state index contributed by atoms with van der Waals surface area (Å²) in [5, 5.41) is 12.7. The lowest BCUT2D eigenvalue weighted by Crippen LogP contribution is -2.29. The predicted octanol–water partition coefficient (Wildman–Crippen LogP) is 2.65. The van der Waals surface area contributed by atoms with E-state index in [1.54, 1.807) is 12.5 Å². The fraction of sp³-hybridized carbons (Fsp3) is 0.333. The van der Waals surface area contributed by atoms with Crippen LogP contribution in [0.25, 0.3) is 22.6 Å².